The van der Waals surface area contributed by atoms with Crippen molar-refractivity contribution in [1.29, 1.82) is 0 Å². The molecule has 4 rings (SSSR count). The van der Waals surface area contributed by atoms with E-state index in [1.165, 1.54) is 12.1 Å². The van der Waals surface area contributed by atoms with Gasteiger partial charge in [-0.15, -0.1) is 10.2 Å². The first-order valence-corrected chi connectivity index (χ1v) is 8.48. The molecule has 4 aromatic rings. The Hall–Kier alpha value is -3.25. The van der Waals surface area contributed by atoms with Crippen LogP contribution >= 0.6 is 11.6 Å². The Morgan fingerprint density at radius 2 is 1.78 bits per heavy atom. The number of hydrogen-bond donors (Lipinski definition) is 0. The van der Waals surface area contributed by atoms with Gasteiger partial charge in [-0.25, -0.2) is 4.39 Å². The predicted molar refractivity (Wildman–Crippen MR) is 100 cm³/mol. The molecule has 5 nitrogen and oxygen atoms in total. The molecule has 0 spiro atoms. The summed E-state index contributed by atoms with van der Waals surface area (Å²) < 4.78 is 24.1. The molecule has 0 unspecified atom stereocenters. The quantitative estimate of drug-likeness (QED) is 0.462. The van der Waals surface area contributed by atoms with Gasteiger partial charge in [0.1, 0.15) is 27.9 Å². The normalized spacial score (nSPS) is 11.7. The van der Waals surface area contributed by atoms with Crippen molar-refractivity contribution in [3.8, 4) is 22.7 Å². The van der Waals surface area contributed by atoms with Crippen molar-refractivity contribution in [2.24, 2.45) is 0 Å². The number of hydrogen-bond acceptors (Lipinski definition) is 5. The van der Waals surface area contributed by atoms with Crippen LogP contribution in [-0.4, -0.2) is 15.4 Å². The van der Waals surface area contributed by atoms with Crippen LogP contribution in [0.1, 0.15) is 17.2 Å². The van der Waals surface area contributed by atoms with E-state index in [0.717, 1.165) is 5.56 Å². The Morgan fingerprint density at radius 1 is 1.04 bits per heavy atom. The highest BCUT2D eigenvalue weighted by Gasteiger charge is 2.22. The van der Waals surface area contributed by atoms with Crippen LogP contribution in [0.4, 0.5) is 4.39 Å². The Morgan fingerprint density at radius 3 is 2.52 bits per heavy atom. The van der Waals surface area contributed by atoms with E-state index in [2.05, 4.69) is 15.4 Å². The molecule has 0 atom stereocenters. The fourth-order valence-electron chi connectivity index (χ4n) is 2.60. The standard InChI is InChI=1S/C20H13ClFN3O2/c1-12-17(18(25-27-12)14-5-3-2-4-6-14)20-24-23-19(26-20)16(21)11-13-7-9-15(22)10-8-13/h2-11H,1H3/b16-11-. The minimum atomic E-state index is -0.320. The monoisotopic (exact) mass is 381 g/mol. The average Bonchev–Trinajstić information content (AvgIpc) is 3.31. The minimum absolute atomic E-state index is 0.149. The maximum atomic E-state index is 13.0. The Labute approximate surface area is 159 Å². The van der Waals surface area contributed by atoms with Crippen molar-refractivity contribution < 1.29 is 13.3 Å². The van der Waals surface area contributed by atoms with E-state index >= 15 is 0 Å². The first-order valence-electron chi connectivity index (χ1n) is 8.10. The summed E-state index contributed by atoms with van der Waals surface area (Å²) in [6.45, 7) is 1.77. The van der Waals surface area contributed by atoms with Crippen molar-refractivity contribution in [2.45, 2.75) is 6.92 Å². The van der Waals surface area contributed by atoms with Crippen molar-refractivity contribution in [2.75, 3.05) is 0 Å². The molecule has 0 N–H and O–H groups in total. The maximum Gasteiger partial charge on any atom is 0.259 e. The van der Waals surface area contributed by atoms with Crippen LogP contribution in [0.3, 0.4) is 0 Å². The summed E-state index contributed by atoms with van der Waals surface area (Å²) >= 11 is 6.28. The lowest BCUT2D eigenvalue weighted by molar-refractivity contribution is 0.399. The van der Waals surface area contributed by atoms with E-state index in [-0.39, 0.29) is 22.6 Å². The highest BCUT2D eigenvalue weighted by molar-refractivity contribution is 6.50. The molecule has 0 bridgehead atoms. The number of aromatic nitrogens is 3. The molecule has 0 saturated carbocycles. The van der Waals surface area contributed by atoms with Gasteiger partial charge in [-0.1, -0.05) is 59.2 Å². The molecule has 0 fully saturated rings. The number of benzene rings is 2. The van der Waals surface area contributed by atoms with Gasteiger partial charge >= 0.3 is 0 Å². The summed E-state index contributed by atoms with van der Waals surface area (Å²) in [5.74, 6) is 0.645. The van der Waals surface area contributed by atoms with Crippen molar-refractivity contribution in [3.63, 3.8) is 0 Å². The van der Waals surface area contributed by atoms with Crippen LogP contribution in [0.15, 0.2) is 63.5 Å². The highest BCUT2D eigenvalue weighted by Crippen LogP contribution is 2.34. The molecule has 0 saturated heterocycles. The first-order chi connectivity index (χ1) is 13.1. The predicted octanol–water partition coefficient (Wildman–Crippen LogP) is 5.58. The number of rotatable bonds is 4. The molecule has 0 aliphatic rings. The van der Waals surface area contributed by atoms with E-state index in [1.54, 1.807) is 25.1 Å². The van der Waals surface area contributed by atoms with Gasteiger partial charge in [-0.3, -0.25) is 0 Å². The zero-order valence-corrected chi connectivity index (χ0v) is 14.9. The zero-order valence-electron chi connectivity index (χ0n) is 14.2. The lowest BCUT2D eigenvalue weighted by Gasteiger charge is -1.98. The van der Waals surface area contributed by atoms with Crippen molar-refractivity contribution >= 4 is 22.7 Å². The van der Waals surface area contributed by atoms with Crippen molar-refractivity contribution in [3.05, 3.63) is 77.6 Å². The fourth-order valence-corrected chi connectivity index (χ4v) is 2.81. The van der Waals surface area contributed by atoms with Gasteiger partial charge in [0.25, 0.3) is 11.8 Å². The molecule has 134 valence electrons. The third kappa shape index (κ3) is 3.52. The smallest absolute Gasteiger partial charge is 0.259 e. The van der Waals surface area contributed by atoms with Gasteiger partial charge in [-0.2, -0.15) is 0 Å². The second kappa shape index (κ2) is 7.17. The molecule has 0 aliphatic carbocycles. The Balaban J connectivity index is 1.69. The van der Waals surface area contributed by atoms with E-state index in [1.807, 2.05) is 30.3 Å². The molecule has 2 aromatic heterocycles. The molecular weight excluding hydrogens is 369 g/mol. The number of halogens is 2. The van der Waals surface area contributed by atoms with Crippen LogP contribution in [0.2, 0.25) is 0 Å². The van der Waals surface area contributed by atoms with E-state index in [9.17, 15) is 4.39 Å². The Kier molecular flexibility index (Phi) is 4.56. The molecule has 2 heterocycles. The highest BCUT2D eigenvalue weighted by atomic mass is 35.5. The maximum absolute atomic E-state index is 13.0. The van der Waals surface area contributed by atoms with Crippen LogP contribution in [0.25, 0.3) is 33.8 Å². The van der Waals surface area contributed by atoms with Crippen molar-refractivity contribution in [1.82, 2.24) is 15.4 Å². The first kappa shape index (κ1) is 17.2. The summed E-state index contributed by atoms with van der Waals surface area (Å²) in [5, 5.41) is 12.4. The molecular formula is C20H13ClFN3O2. The third-order valence-corrected chi connectivity index (χ3v) is 4.19. The average molecular weight is 382 g/mol. The van der Waals surface area contributed by atoms with E-state index < -0.39 is 0 Å². The second-order valence-electron chi connectivity index (χ2n) is 5.78. The van der Waals surface area contributed by atoms with Gasteiger partial charge in [0.2, 0.25) is 0 Å². The van der Waals surface area contributed by atoms with Gasteiger partial charge in [0.15, 0.2) is 0 Å². The summed E-state index contributed by atoms with van der Waals surface area (Å²) in [6.07, 6.45) is 1.62. The van der Waals surface area contributed by atoms with Gasteiger partial charge in [0, 0.05) is 5.56 Å². The molecule has 0 amide bonds. The van der Waals surface area contributed by atoms with Crippen LogP contribution in [0, 0.1) is 12.7 Å². The summed E-state index contributed by atoms with van der Waals surface area (Å²) in [5.41, 5.74) is 2.82. The van der Waals surface area contributed by atoms with E-state index in [4.69, 9.17) is 20.5 Å². The molecule has 0 radical (unpaired) electrons. The molecule has 27 heavy (non-hydrogen) atoms. The lowest BCUT2D eigenvalue weighted by atomic mass is 10.1. The summed E-state index contributed by atoms with van der Waals surface area (Å²) in [6, 6.07) is 15.5. The van der Waals surface area contributed by atoms with Crippen LogP contribution in [-0.2, 0) is 0 Å². The largest absolute Gasteiger partial charge is 0.415 e. The topological polar surface area (TPSA) is 65.0 Å². The van der Waals surface area contributed by atoms with Gasteiger partial charge in [-0.05, 0) is 30.7 Å². The van der Waals surface area contributed by atoms with Crippen LogP contribution < -0.4 is 0 Å². The van der Waals surface area contributed by atoms with Gasteiger partial charge < -0.3 is 8.94 Å². The Bertz CT molecular complexity index is 1100. The fraction of sp³-hybridized carbons (Fsp3) is 0.0500. The minimum Gasteiger partial charge on any atom is -0.415 e. The lowest BCUT2D eigenvalue weighted by Crippen LogP contribution is -1.84. The van der Waals surface area contributed by atoms with Crippen LogP contribution in [0.5, 0.6) is 0 Å². The summed E-state index contributed by atoms with van der Waals surface area (Å²) in [4.78, 5) is 0. The van der Waals surface area contributed by atoms with Gasteiger partial charge in [0.05, 0.1) is 0 Å². The molecule has 7 heteroatoms. The molecule has 0 aliphatic heterocycles. The second-order valence-corrected chi connectivity index (χ2v) is 6.19. The molecule has 2 aromatic carbocycles. The SMILES string of the molecule is Cc1onc(-c2ccccc2)c1-c1nnc(/C(Cl)=C/c2ccc(F)cc2)o1. The number of nitrogens with zero attached hydrogens (tertiary/aromatic N) is 3. The summed E-state index contributed by atoms with van der Waals surface area (Å²) in [7, 11) is 0. The zero-order chi connectivity index (χ0) is 18.8. The number of aryl methyl sites for hydroxylation is 1. The third-order valence-electron chi connectivity index (χ3n) is 3.92. The van der Waals surface area contributed by atoms with E-state index in [0.29, 0.717) is 22.6 Å².